The smallest absolute Gasteiger partial charge is 0.106 e. The normalized spacial score (nSPS) is 10.3. The molecule has 13 heavy (non-hydrogen) atoms. The molecule has 0 saturated carbocycles. The lowest BCUT2D eigenvalue weighted by atomic mass is 10.3. The van der Waals surface area contributed by atoms with Crippen LogP contribution in [0.3, 0.4) is 0 Å². The molecule has 2 N–H and O–H groups in total. The van der Waals surface area contributed by atoms with E-state index in [1.54, 1.807) is 0 Å². The molecule has 0 fully saturated rings. The number of nitrogens with zero attached hydrogens (tertiary/aromatic N) is 1. The summed E-state index contributed by atoms with van der Waals surface area (Å²) in [5.74, 6) is 0. The number of hydrogen-bond acceptors (Lipinski definition) is 3. The van der Waals surface area contributed by atoms with Crippen LogP contribution in [0, 0.1) is 0 Å². The van der Waals surface area contributed by atoms with Crippen molar-refractivity contribution in [1.82, 2.24) is 10.3 Å². The van der Waals surface area contributed by atoms with Gasteiger partial charge >= 0.3 is 0 Å². The van der Waals surface area contributed by atoms with Gasteiger partial charge in [0.05, 0.1) is 5.69 Å². The van der Waals surface area contributed by atoms with Crippen LogP contribution in [0.25, 0.3) is 0 Å². The SMILES string of the molecule is OCCCNCc1cccc(Br)n1. The summed E-state index contributed by atoms with van der Waals surface area (Å²) in [6, 6.07) is 5.83. The summed E-state index contributed by atoms with van der Waals surface area (Å²) < 4.78 is 0.856. The number of hydrogen-bond donors (Lipinski definition) is 2. The lowest BCUT2D eigenvalue weighted by Gasteiger charge is -2.02. The van der Waals surface area contributed by atoms with Gasteiger partial charge in [-0.2, -0.15) is 0 Å². The molecule has 0 aliphatic carbocycles. The van der Waals surface area contributed by atoms with Crippen LogP contribution in [-0.4, -0.2) is 23.2 Å². The largest absolute Gasteiger partial charge is 0.396 e. The Hall–Kier alpha value is -0.450. The zero-order valence-corrected chi connectivity index (χ0v) is 8.92. The Balaban J connectivity index is 2.28. The molecular weight excluding hydrogens is 232 g/mol. The second kappa shape index (κ2) is 6.07. The topological polar surface area (TPSA) is 45.1 Å². The van der Waals surface area contributed by atoms with Gasteiger partial charge in [-0.15, -0.1) is 0 Å². The van der Waals surface area contributed by atoms with E-state index in [0.29, 0.717) is 0 Å². The number of pyridine rings is 1. The molecule has 72 valence electrons. The van der Waals surface area contributed by atoms with E-state index in [9.17, 15) is 0 Å². The van der Waals surface area contributed by atoms with Gasteiger partial charge in [0.25, 0.3) is 0 Å². The molecule has 0 spiro atoms. The van der Waals surface area contributed by atoms with Crippen LogP contribution in [0.15, 0.2) is 22.8 Å². The molecule has 1 aromatic heterocycles. The molecule has 1 heterocycles. The van der Waals surface area contributed by atoms with Crippen molar-refractivity contribution in [2.45, 2.75) is 13.0 Å². The van der Waals surface area contributed by atoms with Crippen molar-refractivity contribution in [3.63, 3.8) is 0 Å². The first-order valence-electron chi connectivity index (χ1n) is 4.26. The second-order valence-corrected chi connectivity index (χ2v) is 3.52. The molecule has 0 aliphatic heterocycles. The van der Waals surface area contributed by atoms with E-state index < -0.39 is 0 Å². The lowest BCUT2D eigenvalue weighted by Crippen LogP contribution is -2.16. The Kier molecular flexibility index (Phi) is 4.97. The highest BCUT2D eigenvalue weighted by molar-refractivity contribution is 9.10. The molecule has 0 bridgehead atoms. The zero-order valence-electron chi connectivity index (χ0n) is 7.33. The highest BCUT2D eigenvalue weighted by atomic mass is 79.9. The van der Waals surface area contributed by atoms with E-state index in [-0.39, 0.29) is 6.61 Å². The molecule has 0 aromatic carbocycles. The van der Waals surface area contributed by atoms with Crippen molar-refractivity contribution < 1.29 is 5.11 Å². The molecule has 0 unspecified atom stereocenters. The summed E-state index contributed by atoms with van der Waals surface area (Å²) in [7, 11) is 0. The van der Waals surface area contributed by atoms with Crippen LogP contribution in [0.2, 0.25) is 0 Å². The Morgan fingerprint density at radius 1 is 1.46 bits per heavy atom. The number of halogens is 1. The van der Waals surface area contributed by atoms with E-state index in [0.717, 1.165) is 29.8 Å². The quantitative estimate of drug-likeness (QED) is 0.607. The van der Waals surface area contributed by atoms with Crippen molar-refractivity contribution >= 4 is 15.9 Å². The molecular formula is C9H13BrN2O. The molecule has 0 amide bonds. The van der Waals surface area contributed by atoms with Gasteiger partial charge in [0.1, 0.15) is 4.60 Å². The molecule has 0 saturated heterocycles. The van der Waals surface area contributed by atoms with E-state index >= 15 is 0 Å². The molecule has 3 nitrogen and oxygen atoms in total. The van der Waals surface area contributed by atoms with Gasteiger partial charge in [-0.25, -0.2) is 4.98 Å². The standard InChI is InChI=1S/C9H13BrN2O/c10-9-4-1-3-8(12-9)7-11-5-2-6-13/h1,3-4,11,13H,2,5-7H2. The predicted molar refractivity (Wildman–Crippen MR) is 55.3 cm³/mol. The van der Waals surface area contributed by atoms with Gasteiger partial charge in [-0.05, 0) is 41.0 Å². The van der Waals surface area contributed by atoms with Crippen LogP contribution < -0.4 is 5.32 Å². The third-order valence-corrected chi connectivity index (χ3v) is 2.03. The third-order valence-electron chi connectivity index (χ3n) is 1.59. The van der Waals surface area contributed by atoms with E-state index in [4.69, 9.17) is 5.11 Å². The van der Waals surface area contributed by atoms with Gasteiger partial charge in [0.2, 0.25) is 0 Å². The summed E-state index contributed by atoms with van der Waals surface area (Å²) in [4.78, 5) is 4.26. The van der Waals surface area contributed by atoms with Crippen LogP contribution in [0.5, 0.6) is 0 Å². The Labute approximate surface area is 86.3 Å². The van der Waals surface area contributed by atoms with Crippen molar-refractivity contribution in [2.24, 2.45) is 0 Å². The lowest BCUT2D eigenvalue weighted by molar-refractivity contribution is 0.286. The average Bonchev–Trinajstić information content (AvgIpc) is 2.13. The summed E-state index contributed by atoms with van der Waals surface area (Å²) in [6.45, 7) is 1.81. The predicted octanol–water partition coefficient (Wildman–Crippen LogP) is 1.32. The third kappa shape index (κ3) is 4.36. The summed E-state index contributed by atoms with van der Waals surface area (Å²) in [6.07, 6.45) is 0.786. The monoisotopic (exact) mass is 244 g/mol. The Morgan fingerprint density at radius 2 is 2.31 bits per heavy atom. The zero-order chi connectivity index (χ0) is 9.52. The second-order valence-electron chi connectivity index (χ2n) is 2.71. The Bertz CT molecular complexity index is 255. The number of rotatable bonds is 5. The minimum Gasteiger partial charge on any atom is -0.396 e. The van der Waals surface area contributed by atoms with Gasteiger partial charge in [-0.3, -0.25) is 0 Å². The molecule has 0 aliphatic rings. The van der Waals surface area contributed by atoms with E-state index in [1.165, 1.54) is 0 Å². The minimum atomic E-state index is 0.235. The van der Waals surface area contributed by atoms with Crippen LogP contribution >= 0.6 is 15.9 Å². The van der Waals surface area contributed by atoms with Crippen molar-refractivity contribution in [1.29, 1.82) is 0 Å². The van der Waals surface area contributed by atoms with Crippen LogP contribution in [-0.2, 0) is 6.54 Å². The maximum Gasteiger partial charge on any atom is 0.106 e. The fourth-order valence-electron chi connectivity index (χ4n) is 0.969. The summed E-state index contributed by atoms with van der Waals surface area (Å²) >= 11 is 3.31. The first-order valence-corrected chi connectivity index (χ1v) is 5.05. The van der Waals surface area contributed by atoms with E-state index in [2.05, 4.69) is 26.2 Å². The van der Waals surface area contributed by atoms with Gasteiger partial charge in [-0.1, -0.05) is 6.07 Å². The maximum absolute atomic E-state index is 8.54. The number of aliphatic hydroxyl groups is 1. The van der Waals surface area contributed by atoms with Crippen molar-refractivity contribution in [2.75, 3.05) is 13.2 Å². The summed E-state index contributed by atoms with van der Waals surface area (Å²) in [5, 5.41) is 11.7. The fraction of sp³-hybridized carbons (Fsp3) is 0.444. The summed E-state index contributed by atoms with van der Waals surface area (Å²) in [5.41, 5.74) is 1.01. The molecule has 1 aromatic rings. The molecule has 0 atom stereocenters. The molecule has 1 rings (SSSR count). The maximum atomic E-state index is 8.54. The van der Waals surface area contributed by atoms with E-state index in [1.807, 2.05) is 18.2 Å². The number of aromatic nitrogens is 1. The highest BCUT2D eigenvalue weighted by Gasteiger charge is 1.94. The minimum absolute atomic E-state index is 0.235. The number of aliphatic hydroxyl groups excluding tert-OH is 1. The van der Waals surface area contributed by atoms with Crippen molar-refractivity contribution in [3.8, 4) is 0 Å². The first-order chi connectivity index (χ1) is 6.33. The highest BCUT2D eigenvalue weighted by Crippen LogP contribution is 2.05. The van der Waals surface area contributed by atoms with Gasteiger partial charge in [0, 0.05) is 13.2 Å². The van der Waals surface area contributed by atoms with Crippen molar-refractivity contribution in [3.05, 3.63) is 28.5 Å². The van der Waals surface area contributed by atoms with Crippen LogP contribution in [0.1, 0.15) is 12.1 Å². The average molecular weight is 245 g/mol. The number of nitrogens with one attached hydrogen (secondary N) is 1. The molecule has 4 heteroatoms. The first kappa shape index (κ1) is 10.6. The Morgan fingerprint density at radius 3 is 3.00 bits per heavy atom. The molecule has 0 radical (unpaired) electrons. The fourth-order valence-corrected chi connectivity index (χ4v) is 1.35. The van der Waals surface area contributed by atoms with Crippen LogP contribution in [0.4, 0.5) is 0 Å². The van der Waals surface area contributed by atoms with Gasteiger partial charge in [0.15, 0.2) is 0 Å². The van der Waals surface area contributed by atoms with Gasteiger partial charge < -0.3 is 10.4 Å².